The predicted molar refractivity (Wildman–Crippen MR) is 132 cm³/mol. The number of hydrogen-bond donors (Lipinski definition) is 1. The fraction of sp³-hybridized carbons (Fsp3) is 0.731. The number of rotatable bonds is 15. The van der Waals surface area contributed by atoms with Gasteiger partial charge in [0, 0.05) is 53.1 Å². The topological polar surface area (TPSA) is 65.5 Å². The number of hydrogen-bond acceptors (Lipinski definition) is 7. The summed E-state index contributed by atoms with van der Waals surface area (Å²) in [7, 11) is 6.22. The summed E-state index contributed by atoms with van der Waals surface area (Å²) >= 11 is 0. The molecule has 1 saturated carbocycles. The van der Waals surface area contributed by atoms with Gasteiger partial charge in [-0.25, -0.2) is 0 Å². The molecule has 0 amide bonds. The lowest BCUT2D eigenvalue weighted by molar-refractivity contribution is -0.203. The second-order valence-electron chi connectivity index (χ2n) is 9.77. The van der Waals surface area contributed by atoms with Gasteiger partial charge in [0.1, 0.15) is 6.10 Å². The molecule has 1 aliphatic carbocycles. The lowest BCUT2D eigenvalue weighted by Crippen LogP contribution is -2.38. The van der Waals surface area contributed by atoms with Crippen molar-refractivity contribution in [1.82, 2.24) is 14.9 Å². The van der Waals surface area contributed by atoms with Crippen LogP contribution in [0.5, 0.6) is 0 Å². The summed E-state index contributed by atoms with van der Waals surface area (Å²) in [6.45, 7) is 6.70. The van der Waals surface area contributed by atoms with Crippen LogP contribution in [-0.2, 0) is 20.9 Å². The van der Waals surface area contributed by atoms with Crippen LogP contribution in [0.15, 0.2) is 30.3 Å². The van der Waals surface area contributed by atoms with Gasteiger partial charge in [-0.1, -0.05) is 36.8 Å². The molecule has 7 nitrogen and oxygen atoms in total. The Morgan fingerprint density at radius 1 is 1.09 bits per heavy atom. The third-order valence-electron chi connectivity index (χ3n) is 6.31. The Labute approximate surface area is 200 Å². The lowest BCUT2D eigenvalue weighted by atomic mass is 9.81. The zero-order valence-electron chi connectivity index (χ0n) is 21.1. The van der Waals surface area contributed by atoms with Crippen LogP contribution in [0.4, 0.5) is 0 Å². The van der Waals surface area contributed by atoms with E-state index in [1.165, 1.54) is 38.2 Å². The van der Waals surface area contributed by atoms with Gasteiger partial charge in [0.25, 0.3) is 0 Å². The summed E-state index contributed by atoms with van der Waals surface area (Å²) in [5, 5.41) is 11.5. The van der Waals surface area contributed by atoms with E-state index in [4.69, 9.17) is 9.57 Å². The van der Waals surface area contributed by atoms with Crippen LogP contribution in [0.3, 0.4) is 0 Å². The van der Waals surface area contributed by atoms with E-state index in [9.17, 15) is 9.90 Å². The predicted octanol–water partition coefficient (Wildman–Crippen LogP) is 3.03. The number of esters is 1. The van der Waals surface area contributed by atoms with Gasteiger partial charge in [-0.2, -0.15) is 5.06 Å². The van der Waals surface area contributed by atoms with Gasteiger partial charge in [-0.3, -0.25) is 14.5 Å². The smallest absolute Gasteiger partial charge is 0.302 e. The molecule has 0 aromatic heterocycles. The number of carbonyl (C=O) groups excluding carboxylic acids is 1. The Kier molecular flexibility index (Phi) is 12.9. The van der Waals surface area contributed by atoms with Crippen molar-refractivity contribution in [1.29, 1.82) is 0 Å². The van der Waals surface area contributed by atoms with E-state index in [-0.39, 0.29) is 25.3 Å². The van der Waals surface area contributed by atoms with Crippen molar-refractivity contribution >= 4 is 5.97 Å². The first-order valence-electron chi connectivity index (χ1n) is 12.4. The molecule has 2 rings (SSSR count). The zero-order valence-corrected chi connectivity index (χ0v) is 21.1. The Morgan fingerprint density at radius 3 is 2.42 bits per heavy atom. The first-order valence-corrected chi connectivity index (χ1v) is 12.4. The van der Waals surface area contributed by atoms with Gasteiger partial charge in [0.05, 0.1) is 13.2 Å². The van der Waals surface area contributed by atoms with E-state index in [0.29, 0.717) is 18.3 Å². The van der Waals surface area contributed by atoms with Gasteiger partial charge >= 0.3 is 5.97 Å². The van der Waals surface area contributed by atoms with Gasteiger partial charge in [0.15, 0.2) is 0 Å². The van der Waals surface area contributed by atoms with Gasteiger partial charge < -0.3 is 14.7 Å². The van der Waals surface area contributed by atoms with Crippen LogP contribution in [0.2, 0.25) is 0 Å². The highest BCUT2D eigenvalue weighted by atomic mass is 16.7. The number of nitrogens with zero attached hydrogens (tertiary/aromatic N) is 3. The Morgan fingerprint density at radius 2 is 1.79 bits per heavy atom. The van der Waals surface area contributed by atoms with Crippen molar-refractivity contribution in [2.75, 3.05) is 60.5 Å². The van der Waals surface area contributed by atoms with Crippen LogP contribution in [0.25, 0.3) is 0 Å². The Hall–Kier alpha value is -1.51. The summed E-state index contributed by atoms with van der Waals surface area (Å²) in [5.41, 5.74) is 1.38. The van der Waals surface area contributed by atoms with Gasteiger partial charge in [-0.15, -0.1) is 0 Å². The molecular formula is C26H45N3O4. The summed E-state index contributed by atoms with van der Waals surface area (Å²) in [5.74, 6) is 0.981. The number of ether oxygens (including phenoxy) is 1. The second-order valence-corrected chi connectivity index (χ2v) is 9.77. The summed E-state index contributed by atoms with van der Waals surface area (Å²) in [6.07, 6.45) is 5.12. The maximum absolute atomic E-state index is 10.9. The van der Waals surface area contributed by atoms with Crippen molar-refractivity contribution in [3.63, 3.8) is 0 Å². The summed E-state index contributed by atoms with van der Waals surface area (Å²) < 4.78 is 4.98. The minimum absolute atomic E-state index is 0.0841. The third kappa shape index (κ3) is 12.0. The monoisotopic (exact) mass is 463 g/mol. The molecule has 3 unspecified atom stereocenters. The van der Waals surface area contributed by atoms with E-state index in [0.717, 1.165) is 32.7 Å². The zero-order chi connectivity index (χ0) is 24.1. The lowest BCUT2D eigenvalue weighted by Gasteiger charge is -2.35. The first kappa shape index (κ1) is 27.7. The molecule has 3 atom stereocenters. The fourth-order valence-electron chi connectivity index (χ4n) is 4.69. The molecule has 1 aromatic rings. The van der Waals surface area contributed by atoms with Crippen LogP contribution >= 0.6 is 0 Å². The number of carbonyl (C=O) groups is 1. The normalized spacial score (nSPS) is 19.9. The van der Waals surface area contributed by atoms with Crippen molar-refractivity contribution < 1.29 is 19.5 Å². The second kappa shape index (κ2) is 15.4. The third-order valence-corrected chi connectivity index (χ3v) is 6.31. The van der Waals surface area contributed by atoms with E-state index < -0.39 is 0 Å². The molecule has 188 valence electrons. The van der Waals surface area contributed by atoms with Crippen LogP contribution in [0, 0.1) is 11.8 Å². The molecule has 1 N–H and O–H groups in total. The largest absolute Gasteiger partial charge is 0.466 e. The van der Waals surface area contributed by atoms with Gasteiger partial charge in [0.2, 0.25) is 0 Å². The molecule has 0 bridgehead atoms. The molecule has 0 heterocycles. The minimum Gasteiger partial charge on any atom is -0.466 e. The quantitative estimate of drug-likeness (QED) is 0.317. The van der Waals surface area contributed by atoms with Crippen molar-refractivity contribution in [2.24, 2.45) is 11.8 Å². The highest BCUT2D eigenvalue weighted by Gasteiger charge is 2.26. The summed E-state index contributed by atoms with van der Waals surface area (Å²) in [4.78, 5) is 21.7. The molecule has 7 heteroatoms. The average Bonchev–Trinajstić information content (AvgIpc) is 2.77. The highest BCUT2D eigenvalue weighted by molar-refractivity contribution is 5.65. The highest BCUT2D eigenvalue weighted by Crippen LogP contribution is 2.30. The molecule has 0 radical (unpaired) electrons. The van der Waals surface area contributed by atoms with Crippen LogP contribution in [0.1, 0.15) is 44.6 Å². The van der Waals surface area contributed by atoms with E-state index in [2.05, 4.69) is 54.2 Å². The van der Waals surface area contributed by atoms with Crippen LogP contribution in [-0.4, -0.2) is 92.6 Å². The maximum Gasteiger partial charge on any atom is 0.302 e. The average molecular weight is 464 g/mol. The Bertz CT molecular complexity index is 658. The van der Waals surface area contributed by atoms with Crippen LogP contribution < -0.4 is 0 Å². The molecule has 0 spiro atoms. The molecule has 0 aliphatic heterocycles. The SMILES string of the molecule is CC(=O)OCCC(CO)ON(C)CC1CCCC(CN(CCN(C)C)Cc2ccccc2)C1. The van der Waals surface area contributed by atoms with E-state index >= 15 is 0 Å². The number of likely N-dealkylation sites (N-methyl/N-ethyl adjacent to an activating group) is 1. The molecule has 1 aliphatic rings. The number of aliphatic hydroxyl groups is 1. The van der Waals surface area contributed by atoms with Gasteiger partial charge in [-0.05, 0) is 50.8 Å². The minimum atomic E-state index is -0.346. The number of hydroxylamine groups is 2. The molecule has 1 fully saturated rings. The van der Waals surface area contributed by atoms with E-state index in [1.807, 2.05) is 12.1 Å². The Balaban J connectivity index is 1.83. The molecular weight excluding hydrogens is 418 g/mol. The number of aliphatic hydroxyl groups excluding tert-OH is 1. The van der Waals surface area contributed by atoms with Crippen molar-refractivity contribution in [2.45, 2.75) is 51.7 Å². The van der Waals surface area contributed by atoms with Crippen molar-refractivity contribution in [3.8, 4) is 0 Å². The van der Waals surface area contributed by atoms with E-state index in [1.54, 1.807) is 0 Å². The summed E-state index contributed by atoms with van der Waals surface area (Å²) in [6, 6.07) is 10.8. The maximum atomic E-state index is 10.9. The number of benzene rings is 1. The standard InChI is InChI=1S/C26H45N3O4/c1-22(31)32-16-13-26(21-30)33-28(4)18-24-11-8-12-25(17-24)20-29(15-14-27(2)3)19-23-9-6-5-7-10-23/h5-7,9-10,24-26,30H,8,11-21H2,1-4H3. The first-order chi connectivity index (χ1) is 15.9. The molecule has 1 aromatic carbocycles. The fourth-order valence-corrected chi connectivity index (χ4v) is 4.69. The molecule has 0 saturated heterocycles. The van der Waals surface area contributed by atoms with Crippen molar-refractivity contribution in [3.05, 3.63) is 35.9 Å². The molecule has 33 heavy (non-hydrogen) atoms.